The highest BCUT2D eigenvalue weighted by atomic mass is 16.3. The van der Waals surface area contributed by atoms with Crippen LogP contribution in [0.5, 0.6) is 5.75 Å². The summed E-state index contributed by atoms with van der Waals surface area (Å²) in [5.41, 5.74) is 23.2. The molecule has 16 N–H and O–H groups in total. The number of carbonyl (C=O) groups is 11. The van der Waals surface area contributed by atoms with E-state index in [1.165, 1.54) is 31.3 Å². The summed E-state index contributed by atoms with van der Waals surface area (Å²) in [4.78, 5) is 146. The van der Waals surface area contributed by atoms with Gasteiger partial charge in [-0.25, -0.2) is 0 Å². The van der Waals surface area contributed by atoms with E-state index in [9.17, 15) is 57.8 Å². The number of phenolic OH excluding ortho intramolecular Hbond substituents is 1. The molecular formula is C43H60N12O12. The van der Waals surface area contributed by atoms with Gasteiger partial charge in [-0.1, -0.05) is 44.5 Å². The van der Waals surface area contributed by atoms with Crippen molar-refractivity contribution in [1.82, 2.24) is 42.1 Å². The first-order valence-corrected chi connectivity index (χ1v) is 21.4. The van der Waals surface area contributed by atoms with E-state index >= 15 is 0 Å². The fourth-order valence-electron chi connectivity index (χ4n) is 6.80. The first kappa shape index (κ1) is 53.5. The number of nitrogens with zero attached hydrogens (tertiary/aromatic N) is 1. The Morgan fingerprint density at radius 1 is 0.761 bits per heavy atom. The van der Waals surface area contributed by atoms with E-state index in [4.69, 9.17) is 22.9 Å². The Morgan fingerprint density at radius 2 is 1.36 bits per heavy atom. The largest absolute Gasteiger partial charge is 0.508 e. The zero-order chi connectivity index (χ0) is 50.0. The van der Waals surface area contributed by atoms with Crippen LogP contribution in [0.25, 0.3) is 0 Å². The summed E-state index contributed by atoms with van der Waals surface area (Å²) in [5, 5.41) is 27.2. The average molecular weight is 937 g/mol. The summed E-state index contributed by atoms with van der Waals surface area (Å²) in [6, 6.07) is 3.11. The molecule has 1 heterocycles. The van der Waals surface area contributed by atoms with Gasteiger partial charge >= 0.3 is 0 Å². The molecule has 2 aromatic rings. The van der Waals surface area contributed by atoms with Crippen molar-refractivity contribution in [2.45, 2.75) is 101 Å². The van der Waals surface area contributed by atoms with Crippen molar-refractivity contribution in [1.29, 1.82) is 0 Å². The number of primary amides is 3. The Balaban J connectivity index is 2.02. The Hall–Kier alpha value is -7.79. The molecule has 24 nitrogen and oxygen atoms in total. The van der Waals surface area contributed by atoms with Crippen LogP contribution in [0.1, 0.15) is 63.5 Å². The molecule has 0 aromatic heterocycles. The number of aromatic hydroxyl groups is 1. The molecule has 0 aliphatic carbocycles. The van der Waals surface area contributed by atoms with Crippen molar-refractivity contribution in [3.05, 3.63) is 59.7 Å². The fourth-order valence-corrected chi connectivity index (χ4v) is 6.80. The molecule has 24 heteroatoms. The zero-order valence-electron chi connectivity index (χ0n) is 37.4. The highest BCUT2D eigenvalue weighted by Gasteiger charge is 2.36. The average Bonchev–Trinajstić information content (AvgIpc) is 3.26. The van der Waals surface area contributed by atoms with E-state index in [0.717, 1.165) is 4.90 Å². The number of phenols is 1. The number of carbonyl (C=O) groups excluding carboxylic acids is 11. The lowest BCUT2D eigenvalue weighted by Crippen LogP contribution is -2.60. The summed E-state index contributed by atoms with van der Waals surface area (Å²) in [7, 11) is 1.18. The van der Waals surface area contributed by atoms with Crippen LogP contribution in [0.15, 0.2) is 48.5 Å². The number of nitrogen functional groups attached to an aromatic ring is 1. The number of anilines is 1. The summed E-state index contributed by atoms with van der Waals surface area (Å²) < 4.78 is 0. The number of hydrogen-bond donors (Lipinski definition) is 12. The molecule has 67 heavy (non-hydrogen) atoms. The topological polar surface area (TPSA) is 400 Å². The predicted octanol–water partition coefficient (Wildman–Crippen LogP) is -4.29. The second-order valence-electron chi connectivity index (χ2n) is 16.2. The molecule has 0 unspecified atom stereocenters. The predicted molar refractivity (Wildman–Crippen MR) is 239 cm³/mol. The van der Waals surface area contributed by atoms with Gasteiger partial charge in [0, 0.05) is 38.4 Å². The molecule has 2 aromatic carbocycles. The van der Waals surface area contributed by atoms with Gasteiger partial charge in [0.2, 0.25) is 65.0 Å². The normalized spacial score (nSPS) is 20.5. The monoisotopic (exact) mass is 936 g/mol. The smallest absolute Gasteiger partial charge is 0.245 e. The zero-order valence-corrected chi connectivity index (χ0v) is 37.4. The third kappa shape index (κ3) is 18.0. The Labute approximate surface area is 385 Å². The highest BCUT2D eigenvalue weighted by Crippen LogP contribution is 2.15. The summed E-state index contributed by atoms with van der Waals surface area (Å²) in [6.07, 6.45) is -2.56. The molecule has 1 aliphatic rings. The minimum atomic E-state index is -1.79. The number of nitrogens with one attached hydrogen (secondary N) is 7. The minimum absolute atomic E-state index is 0.0727. The second kappa shape index (κ2) is 25.6. The van der Waals surface area contributed by atoms with Gasteiger partial charge in [0.05, 0.1) is 19.5 Å². The van der Waals surface area contributed by atoms with E-state index < -0.39 is 146 Å². The van der Waals surface area contributed by atoms with Crippen molar-refractivity contribution in [3.8, 4) is 5.75 Å². The van der Waals surface area contributed by atoms with E-state index in [-0.39, 0.29) is 25.0 Å². The summed E-state index contributed by atoms with van der Waals surface area (Å²) in [5.74, 6) is -10.8. The number of rotatable bonds is 18. The van der Waals surface area contributed by atoms with Crippen molar-refractivity contribution < 1.29 is 57.8 Å². The van der Waals surface area contributed by atoms with Gasteiger partial charge in [-0.2, -0.15) is 0 Å². The van der Waals surface area contributed by atoms with Gasteiger partial charge in [0.25, 0.3) is 0 Å². The minimum Gasteiger partial charge on any atom is -0.508 e. The van der Waals surface area contributed by atoms with Gasteiger partial charge in [0.1, 0.15) is 42.0 Å². The van der Waals surface area contributed by atoms with Crippen LogP contribution in [-0.2, 0) is 65.6 Å². The molecule has 0 spiro atoms. The number of likely N-dealkylation sites (N-methyl/N-ethyl adjacent to an activating group) is 1. The van der Waals surface area contributed by atoms with Crippen LogP contribution < -0.4 is 60.2 Å². The third-order valence-corrected chi connectivity index (χ3v) is 10.7. The first-order valence-electron chi connectivity index (χ1n) is 21.4. The maximum absolute atomic E-state index is 14.1. The number of amides is 11. The standard InChI is InChI=1S/C43H60N12O12/c1-4-22(2)37-42(66)51-27(13-15-32(45)57)39(63)53-31(19-33(46)58)40(64)52-28(14-16-35(60)49-30(41(65)54-37)18-24-7-11-26(56)12-8-24)43(67)55(3)21-36(61)50-29(38(62)48-20-34(47)59)17-23-5-9-25(44)10-6-23/h5-12,22,27-31,37,56H,4,13-21,44H2,1-3H3,(H2,45,57)(H2,46,58)(H2,47,59)(H,48,62)(H,49,60)(H,50,61)(H,51,66)(H,52,64)(H,53,63)(H,54,65)/t22-,27-,28-,29-,30-,31-,37-/m0/s1. The SMILES string of the molecule is CC[C@H](C)[C@@H]1NC(=O)[C@H](Cc2ccc(O)cc2)NC(=O)CC[C@@H](C(=O)N(C)CC(=O)N[C@@H](Cc2ccc(N)cc2)C(=O)NCC(N)=O)NC(=O)[C@H](CC(N)=O)NC(=O)[C@H](CCC(N)=O)NC1=O. The molecule has 11 amide bonds. The van der Waals surface area contributed by atoms with Crippen molar-refractivity contribution in [3.63, 3.8) is 0 Å². The Kier molecular flexibility index (Phi) is 20.5. The van der Waals surface area contributed by atoms with Crippen molar-refractivity contribution in [2.75, 3.05) is 25.9 Å². The maximum Gasteiger partial charge on any atom is 0.245 e. The molecule has 1 saturated heterocycles. The number of nitrogens with two attached hydrogens (primary N) is 4. The van der Waals surface area contributed by atoms with E-state index in [1.54, 1.807) is 38.1 Å². The second-order valence-corrected chi connectivity index (χ2v) is 16.2. The van der Waals surface area contributed by atoms with E-state index in [2.05, 4.69) is 37.2 Å². The van der Waals surface area contributed by atoms with Crippen molar-refractivity contribution in [2.24, 2.45) is 23.1 Å². The molecule has 364 valence electrons. The molecule has 7 atom stereocenters. The van der Waals surface area contributed by atoms with Crippen LogP contribution in [0.3, 0.4) is 0 Å². The Bertz CT molecular complexity index is 2150. The van der Waals surface area contributed by atoms with Gasteiger partial charge < -0.3 is 70.2 Å². The number of benzene rings is 2. The molecule has 0 radical (unpaired) electrons. The van der Waals surface area contributed by atoms with Gasteiger partial charge in [0.15, 0.2) is 0 Å². The van der Waals surface area contributed by atoms with Crippen LogP contribution in [0, 0.1) is 5.92 Å². The molecule has 0 bridgehead atoms. The summed E-state index contributed by atoms with van der Waals surface area (Å²) >= 11 is 0. The van der Waals surface area contributed by atoms with Gasteiger partial charge in [-0.15, -0.1) is 0 Å². The van der Waals surface area contributed by atoms with E-state index in [0.29, 0.717) is 23.2 Å². The fraction of sp³-hybridized carbons (Fsp3) is 0.465. The lowest BCUT2D eigenvalue weighted by molar-refractivity contribution is -0.140. The quantitative estimate of drug-likeness (QED) is 0.0631. The molecule has 1 aliphatic heterocycles. The van der Waals surface area contributed by atoms with Crippen molar-refractivity contribution >= 4 is 70.7 Å². The maximum atomic E-state index is 14.1. The van der Waals surface area contributed by atoms with Crippen LogP contribution in [-0.4, -0.2) is 131 Å². The lowest BCUT2D eigenvalue weighted by atomic mass is 9.96. The number of hydrogen-bond acceptors (Lipinski definition) is 13. The highest BCUT2D eigenvalue weighted by molar-refractivity contribution is 5.99. The van der Waals surface area contributed by atoms with E-state index in [1.807, 2.05) is 0 Å². The van der Waals surface area contributed by atoms with Crippen LogP contribution in [0.2, 0.25) is 0 Å². The van der Waals surface area contributed by atoms with Gasteiger partial charge in [-0.05, 0) is 54.2 Å². The lowest BCUT2D eigenvalue weighted by Gasteiger charge is -2.29. The summed E-state index contributed by atoms with van der Waals surface area (Å²) in [6.45, 7) is 2.11. The molecule has 0 saturated carbocycles. The molecule has 3 rings (SSSR count). The Morgan fingerprint density at radius 3 is 1.96 bits per heavy atom. The van der Waals surface area contributed by atoms with Gasteiger partial charge in [-0.3, -0.25) is 52.7 Å². The van der Waals surface area contributed by atoms with Crippen LogP contribution >= 0.6 is 0 Å². The first-order chi connectivity index (χ1) is 31.6. The van der Waals surface area contributed by atoms with Crippen LogP contribution in [0.4, 0.5) is 5.69 Å². The third-order valence-electron chi connectivity index (χ3n) is 10.7. The molecular weight excluding hydrogens is 877 g/mol. The molecule has 1 fully saturated rings.